The van der Waals surface area contributed by atoms with E-state index < -0.39 is 29.9 Å². The maximum atomic E-state index is 13.1. The molecule has 0 spiro atoms. The summed E-state index contributed by atoms with van der Waals surface area (Å²) in [6.07, 6.45) is 0. The molecule has 10 heteroatoms. The second-order valence-corrected chi connectivity index (χ2v) is 7.84. The van der Waals surface area contributed by atoms with E-state index in [2.05, 4.69) is 10.6 Å². The summed E-state index contributed by atoms with van der Waals surface area (Å²) in [7, 11) is 6.26. The van der Waals surface area contributed by atoms with E-state index in [4.69, 9.17) is 9.47 Å². The van der Waals surface area contributed by atoms with E-state index in [1.807, 2.05) is 0 Å². The maximum absolute atomic E-state index is 13.1. The Morgan fingerprint density at radius 2 is 1.67 bits per heavy atom. The zero-order valence-electron chi connectivity index (χ0n) is 19.1. The lowest BCUT2D eigenvalue weighted by molar-refractivity contribution is -0.133. The molecular weight excluding hydrogens is 428 g/mol. The summed E-state index contributed by atoms with van der Waals surface area (Å²) in [4.78, 5) is 52.4. The van der Waals surface area contributed by atoms with Crippen LogP contribution in [0.15, 0.2) is 42.5 Å². The Kier molecular flexibility index (Phi) is 6.57. The van der Waals surface area contributed by atoms with E-state index in [1.54, 1.807) is 63.5 Å². The molecule has 0 radical (unpaired) electrons. The molecule has 1 saturated heterocycles. The first-order valence-electron chi connectivity index (χ1n) is 10.1. The number of amides is 5. The van der Waals surface area contributed by atoms with Crippen LogP contribution in [0.4, 0.5) is 10.5 Å². The Balaban J connectivity index is 1.72. The van der Waals surface area contributed by atoms with Gasteiger partial charge >= 0.3 is 6.03 Å². The molecule has 0 saturated carbocycles. The Morgan fingerprint density at radius 3 is 2.24 bits per heavy atom. The maximum Gasteiger partial charge on any atom is 0.325 e. The predicted octanol–water partition coefficient (Wildman–Crippen LogP) is 1.81. The minimum atomic E-state index is -1.37. The predicted molar refractivity (Wildman–Crippen MR) is 120 cm³/mol. The first kappa shape index (κ1) is 23.6. The second kappa shape index (κ2) is 9.19. The standard InChI is InChI=1S/C23H26N4O6/c1-23(15-8-11-17(32-4)18(12-15)33-5)21(30)27(22(31)25-23)13-19(28)24-16-9-6-14(7-10-16)20(29)26(2)3/h6-12H,13H2,1-5H3,(H,24,28)(H,25,31)/t23-/m0/s1. The van der Waals surface area contributed by atoms with Crippen LogP contribution in [0, 0.1) is 0 Å². The number of hydrogen-bond acceptors (Lipinski definition) is 6. The number of urea groups is 1. The third-order valence-electron chi connectivity index (χ3n) is 5.36. The van der Waals surface area contributed by atoms with Crippen molar-refractivity contribution < 1.29 is 28.7 Å². The molecule has 0 aromatic heterocycles. The van der Waals surface area contributed by atoms with E-state index >= 15 is 0 Å². The van der Waals surface area contributed by atoms with Gasteiger partial charge in [-0.1, -0.05) is 6.07 Å². The fourth-order valence-corrected chi connectivity index (χ4v) is 3.48. The molecule has 2 aromatic carbocycles. The van der Waals surface area contributed by atoms with Crippen molar-refractivity contribution in [3.8, 4) is 11.5 Å². The number of nitrogens with zero attached hydrogens (tertiary/aromatic N) is 2. The molecule has 1 aliphatic heterocycles. The van der Waals surface area contributed by atoms with Crippen LogP contribution in [0.2, 0.25) is 0 Å². The van der Waals surface area contributed by atoms with Crippen molar-refractivity contribution in [3.63, 3.8) is 0 Å². The minimum Gasteiger partial charge on any atom is -0.493 e. The monoisotopic (exact) mass is 454 g/mol. The Bertz CT molecular complexity index is 1100. The van der Waals surface area contributed by atoms with Crippen LogP contribution in [0.25, 0.3) is 0 Å². The molecule has 0 aliphatic carbocycles. The highest BCUT2D eigenvalue weighted by Gasteiger charge is 2.49. The van der Waals surface area contributed by atoms with Crippen molar-refractivity contribution in [2.24, 2.45) is 0 Å². The highest BCUT2D eigenvalue weighted by atomic mass is 16.5. The second-order valence-electron chi connectivity index (χ2n) is 7.84. The molecule has 0 bridgehead atoms. The van der Waals surface area contributed by atoms with Crippen LogP contribution < -0.4 is 20.1 Å². The fraction of sp³-hybridized carbons (Fsp3) is 0.304. The van der Waals surface area contributed by atoms with Crippen LogP contribution in [0.5, 0.6) is 11.5 Å². The molecule has 1 aliphatic rings. The van der Waals surface area contributed by atoms with E-state index in [-0.39, 0.29) is 5.91 Å². The molecule has 5 amide bonds. The molecule has 3 rings (SSSR count). The molecule has 1 heterocycles. The lowest BCUT2D eigenvalue weighted by atomic mass is 9.91. The molecule has 0 unspecified atom stereocenters. The number of hydrogen-bond donors (Lipinski definition) is 2. The number of rotatable bonds is 7. The molecule has 2 N–H and O–H groups in total. The van der Waals surface area contributed by atoms with E-state index in [9.17, 15) is 19.2 Å². The largest absolute Gasteiger partial charge is 0.493 e. The highest BCUT2D eigenvalue weighted by Crippen LogP contribution is 2.35. The van der Waals surface area contributed by atoms with Gasteiger partial charge in [-0.15, -0.1) is 0 Å². The highest BCUT2D eigenvalue weighted by molar-refractivity contribution is 6.10. The number of nitrogens with one attached hydrogen (secondary N) is 2. The first-order valence-corrected chi connectivity index (χ1v) is 10.1. The molecule has 174 valence electrons. The van der Waals surface area contributed by atoms with Crippen molar-refractivity contribution in [3.05, 3.63) is 53.6 Å². The smallest absolute Gasteiger partial charge is 0.325 e. The van der Waals surface area contributed by atoms with Gasteiger partial charge in [-0.3, -0.25) is 19.3 Å². The Morgan fingerprint density at radius 1 is 1.03 bits per heavy atom. The number of methoxy groups -OCH3 is 2. The summed E-state index contributed by atoms with van der Waals surface area (Å²) >= 11 is 0. The molecule has 10 nitrogen and oxygen atoms in total. The van der Waals surface area contributed by atoms with Crippen LogP contribution >= 0.6 is 0 Å². The van der Waals surface area contributed by atoms with E-state index in [1.165, 1.54) is 19.1 Å². The summed E-state index contributed by atoms with van der Waals surface area (Å²) < 4.78 is 10.5. The quantitative estimate of drug-likeness (QED) is 0.617. The van der Waals surface area contributed by atoms with Crippen LogP contribution in [0.3, 0.4) is 0 Å². The van der Waals surface area contributed by atoms with Gasteiger partial charge in [0.15, 0.2) is 11.5 Å². The van der Waals surface area contributed by atoms with Crippen molar-refractivity contribution in [2.45, 2.75) is 12.5 Å². The number of imide groups is 1. The summed E-state index contributed by atoms with van der Waals surface area (Å²) in [6, 6.07) is 10.5. The third-order valence-corrected chi connectivity index (χ3v) is 5.36. The van der Waals surface area contributed by atoms with Crippen molar-refractivity contribution in [1.82, 2.24) is 15.1 Å². The van der Waals surface area contributed by atoms with Crippen molar-refractivity contribution in [2.75, 3.05) is 40.2 Å². The number of anilines is 1. The van der Waals surface area contributed by atoms with Gasteiger partial charge < -0.3 is 25.0 Å². The third kappa shape index (κ3) is 4.59. The average Bonchev–Trinajstić information content (AvgIpc) is 3.02. The molecule has 2 aromatic rings. The number of carbonyl (C=O) groups excluding carboxylic acids is 4. The molecule has 1 atom stereocenters. The summed E-state index contributed by atoms with van der Waals surface area (Å²) in [5.74, 6) is -0.396. The topological polar surface area (TPSA) is 117 Å². The van der Waals surface area contributed by atoms with Gasteiger partial charge in [0.1, 0.15) is 12.1 Å². The lowest BCUT2D eigenvalue weighted by Gasteiger charge is -2.23. The minimum absolute atomic E-state index is 0.165. The molecular formula is C23H26N4O6. The van der Waals surface area contributed by atoms with Gasteiger partial charge in [-0.05, 0) is 48.9 Å². The zero-order valence-corrected chi connectivity index (χ0v) is 19.1. The van der Waals surface area contributed by atoms with Gasteiger partial charge in [0.2, 0.25) is 5.91 Å². The van der Waals surface area contributed by atoms with E-state index in [0.29, 0.717) is 28.3 Å². The zero-order chi connectivity index (χ0) is 24.3. The lowest BCUT2D eigenvalue weighted by Crippen LogP contribution is -2.42. The fourth-order valence-electron chi connectivity index (χ4n) is 3.48. The summed E-state index contributed by atoms with van der Waals surface area (Å²) in [5, 5.41) is 5.29. The van der Waals surface area contributed by atoms with Crippen molar-refractivity contribution in [1.29, 1.82) is 0 Å². The SMILES string of the molecule is COc1ccc([C@]2(C)NC(=O)N(CC(=O)Nc3ccc(C(=O)N(C)C)cc3)C2=O)cc1OC. The number of carbonyl (C=O) groups is 4. The van der Waals surface area contributed by atoms with Gasteiger partial charge in [-0.25, -0.2) is 4.79 Å². The average molecular weight is 454 g/mol. The first-order chi connectivity index (χ1) is 15.6. The van der Waals surface area contributed by atoms with Crippen LogP contribution in [0.1, 0.15) is 22.8 Å². The van der Waals surface area contributed by atoms with Crippen molar-refractivity contribution >= 4 is 29.4 Å². The van der Waals surface area contributed by atoms with Crippen LogP contribution in [-0.4, -0.2) is 68.4 Å². The van der Waals surface area contributed by atoms with Gasteiger partial charge in [0.25, 0.3) is 11.8 Å². The summed E-state index contributed by atoms with van der Waals surface area (Å²) in [5.41, 5.74) is 0.0239. The Labute approximate surface area is 191 Å². The summed E-state index contributed by atoms with van der Waals surface area (Å²) in [6.45, 7) is 1.10. The van der Waals surface area contributed by atoms with Gasteiger partial charge in [0.05, 0.1) is 14.2 Å². The van der Waals surface area contributed by atoms with Crippen LogP contribution in [-0.2, 0) is 15.1 Å². The van der Waals surface area contributed by atoms with Gasteiger partial charge in [0, 0.05) is 25.3 Å². The number of benzene rings is 2. The molecule has 1 fully saturated rings. The number of ether oxygens (including phenoxy) is 2. The normalized spacial score (nSPS) is 17.4. The Hall–Kier alpha value is -4.08. The van der Waals surface area contributed by atoms with E-state index in [0.717, 1.165) is 4.90 Å². The van der Waals surface area contributed by atoms with Gasteiger partial charge in [-0.2, -0.15) is 0 Å². The molecule has 33 heavy (non-hydrogen) atoms.